The molecule has 1 saturated carbocycles. The highest BCUT2D eigenvalue weighted by molar-refractivity contribution is 5.86. The Bertz CT molecular complexity index is 276. The molecule has 2 N–H and O–H groups in total. The molecule has 17 heavy (non-hydrogen) atoms. The Morgan fingerprint density at radius 1 is 1.29 bits per heavy atom. The monoisotopic (exact) mass is 239 g/mol. The molecule has 2 atom stereocenters. The van der Waals surface area contributed by atoms with Crippen LogP contribution >= 0.6 is 0 Å². The fourth-order valence-electron chi connectivity index (χ4n) is 2.85. The Morgan fingerprint density at radius 2 is 1.88 bits per heavy atom. The van der Waals surface area contributed by atoms with Gasteiger partial charge in [0, 0.05) is 18.2 Å². The van der Waals surface area contributed by atoms with Crippen LogP contribution in [0, 0.1) is 11.8 Å². The van der Waals surface area contributed by atoms with E-state index in [2.05, 4.69) is 19.2 Å². The van der Waals surface area contributed by atoms with Crippen molar-refractivity contribution in [2.45, 2.75) is 52.5 Å². The molecular formula is C14H25NO2. The van der Waals surface area contributed by atoms with Crippen LogP contribution in [0.2, 0.25) is 0 Å². The lowest BCUT2D eigenvalue weighted by Crippen LogP contribution is -2.36. The molecule has 3 heteroatoms. The van der Waals surface area contributed by atoms with E-state index in [1.54, 1.807) is 0 Å². The van der Waals surface area contributed by atoms with Gasteiger partial charge in [0.1, 0.15) is 0 Å². The Kier molecular flexibility index (Phi) is 5.69. The van der Waals surface area contributed by atoms with Crippen LogP contribution in [0.4, 0.5) is 0 Å². The Morgan fingerprint density at radius 3 is 2.35 bits per heavy atom. The smallest absolute Gasteiger partial charge is 0.331 e. The number of carboxylic acids is 1. The third-order valence-corrected chi connectivity index (χ3v) is 3.59. The number of rotatable bonds is 5. The molecule has 0 spiro atoms. The van der Waals surface area contributed by atoms with Gasteiger partial charge in [-0.2, -0.15) is 0 Å². The molecule has 0 bridgehead atoms. The number of carboxylic acid groups (broad SMARTS) is 1. The molecule has 0 aromatic carbocycles. The maximum Gasteiger partial charge on any atom is 0.331 e. The minimum atomic E-state index is -0.792. The van der Waals surface area contributed by atoms with E-state index in [0.29, 0.717) is 24.6 Å². The van der Waals surface area contributed by atoms with Gasteiger partial charge in [0.05, 0.1) is 0 Å². The maximum atomic E-state index is 10.8. The summed E-state index contributed by atoms with van der Waals surface area (Å²) in [5.74, 6) is 0.773. The molecule has 1 aliphatic rings. The summed E-state index contributed by atoms with van der Waals surface area (Å²) in [6, 6.07) is 0.553. The second-order valence-electron chi connectivity index (χ2n) is 5.41. The summed E-state index contributed by atoms with van der Waals surface area (Å²) in [4.78, 5) is 10.8. The minimum absolute atomic E-state index is 0.509. The summed E-state index contributed by atoms with van der Waals surface area (Å²) < 4.78 is 0. The van der Waals surface area contributed by atoms with E-state index >= 15 is 0 Å². The van der Waals surface area contributed by atoms with Crippen molar-refractivity contribution in [1.82, 2.24) is 5.32 Å². The number of carbonyl (C=O) groups is 1. The third kappa shape index (κ3) is 4.90. The minimum Gasteiger partial charge on any atom is -0.478 e. The van der Waals surface area contributed by atoms with Crippen molar-refractivity contribution in [3.8, 4) is 0 Å². The van der Waals surface area contributed by atoms with Crippen molar-refractivity contribution in [1.29, 1.82) is 0 Å². The molecule has 0 heterocycles. The Balaban J connectivity index is 2.37. The molecule has 2 unspecified atom stereocenters. The van der Waals surface area contributed by atoms with Gasteiger partial charge in [0.2, 0.25) is 0 Å². The zero-order valence-corrected chi connectivity index (χ0v) is 11.2. The van der Waals surface area contributed by atoms with Gasteiger partial charge in [-0.05, 0) is 37.5 Å². The predicted molar refractivity (Wildman–Crippen MR) is 70.0 cm³/mol. The van der Waals surface area contributed by atoms with E-state index in [9.17, 15) is 4.79 Å². The Labute approximate surface area is 104 Å². The summed E-state index contributed by atoms with van der Waals surface area (Å²) in [5, 5.41) is 12.4. The molecule has 1 aliphatic carbocycles. The van der Waals surface area contributed by atoms with Gasteiger partial charge < -0.3 is 10.4 Å². The summed E-state index contributed by atoms with van der Waals surface area (Å²) in [6.07, 6.45) is 6.16. The molecule has 0 saturated heterocycles. The van der Waals surface area contributed by atoms with Gasteiger partial charge in [-0.25, -0.2) is 4.79 Å². The van der Waals surface area contributed by atoms with E-state index < -0.39 is 5.97 Å². The average Bonchev–Trinajstić information content (AvgIpc) is 2.22. The van der Waals surface area contributed by atoms with Crippen molar-refractivity contribution in [3.05, 3.63) is 11.6 Å². The summed E-state index contributed by atoms with van der Waals surface area (Å²) in [6.45, 7) is 7.16. The normalized spacial score (nSPS) is 30.3. The third-order valence-electron chi connectivity index (χ3n) is 3.59. The first-order valence-corrected chi connectivity index (χ1v) is 6.68. The number of hydrogen-bond donors (Lipinski definition) is 2. The van der Waals surface area contributed by atoms with Crippen LogP contribution in [0.25, 0.3) is 0 Å². The highest BCUT2D eigenvalue weighted by Crippen LogP contribution is 2.28. The molecule has 0 aromatic heterocycles. The van der Waals surface area contributed by atoms with Crippen LogP contribution in [0.3, 0.4) is 0 Å². The molecule has 0 radical (unpaired) electrons. The lowest BCUT2D eigenvalue weighted by atomic mass is 9.80. The van der Waals surface area contributed by atoms with E-state index in [-0.39, 0.29) is 0 Å². The molecule has 0 aromatic rings. The lowest BCUT2D eigenvalue weighted by Gasteiger charge is -2.31. The first-order valence-electron chi connectivity index (χ1n) is 6.68. The summed E-state index contributed by atoms with van der Waals surface area (Å²) >= 11 is 0. The van der Waals surface area contributed by atoms with Crippen LogP contribution in [0.5, 0.6) is 0 Å². The van der Waals surface area contributed by atoms with Crippen LogP contribution in [0.1, 0.15) is 46.5 Å². The van der Waals surface area contributed by atoms with Crippen molar-refractivity contribution in [2.24, 2.45) is 11.8 Å². The van der Waals surface area contributed by atoms with E-state index in [1.807, 2.05) is 13.0 Å². The SMILES string of the molecule is CCC(=CCNC1CC(C)CC(C)C1)C(=O)O. The summed E-state index contributed by atoms with van der Waals surface area (Å²) in [5.41, 5.74) is 0.509. The number of hydrogen-bond acceptors (Lipinski definition) is 2. The largest absolute Gasteiger partial charge is 0.478 e. The first-order chi connectivity index (χ1) is 8.02. The van der Waals surface area contributed by atoms with Crippen molar-refractivity contribution in [3.63, 3.8) is 0 Å². The van der Waals surface area contributed by atoms with Gasteiger partial charge in [-0.3, -0.25) is 0 Å². The number of aliphatic carboxylic acids is 1. The van der Waals surface area contributed by atoms with E-state index in [1.165, 1.54) is 19.3 Å². The number of nitrogens with one attached hydrogen (secondary N) is 1. The van der Waals surface area contributed by atoms with Crippen molar-refractivity contribution >= 4 is 5.97 Å². The quantitative estimate of drug-likeness (QED) is 0.725. The highest BCUT2D eigenvalue weighted by atomic mass is 16.4. The molecule has 1 rings (SSSR count). The molecular weight excluding hydrogens is 214 g/mol. The van der Waals surface area contributed by atoms with Gasteiger partial charge in [-0.1, -0.05) is 26.8 Å². The molecule has 0 aliphatic heterocycles. The fraction of sp³-hybridized carbons (Fsp3) is 0.786. The van der Waals surface area contributed by atoms with Gasteiger partial charge >= 0.3 is 5.97 Å². The summed E-state index contributed by atoms with van der Waals surface area (Å²) in [7, 11) is 0. The molecule has 1 fully saturated rings. The molecule has 0 amide bonds. The average molecular weight is 239 g/mol. The van der Waals surface area contributed by atoms with Crippen molar-refractivity contribution < 1.29 is 9.90 Å². The Hall–Kier alpha value is -0.830. The maximum absolute atomic E-state index is 10.8. The molecule has 3 nitrogen and oxygen atoms in total. The lowest BCUT2D eigenvalue weighted by molar-refractivity contribution is -0.132. The fourth-order valence-corrected chi connectivity index (χ4v) is 2.85. The zero-order valence-electron chi connectivity index (χ0n) is 11.2. The van der Waals surface area contributed by atoms with Gasteiger partial charge in [0.25, 0.3) is 0 Å². The van der Waals surface area contributed by atoms with Crippen molar-refractivity contribution in [2.75, 3.05) is 6.54 Å². The second kappa shape index (κ2) is 6.80. The molecule has 98 valence electrons. The second-order valence-corrected chi connectivity index (χ2v) is 5.41. The van der Waals surface area contributed by atoms with Crippen LogP contribution in [-0.4, -0.2) is 23.7 Å². The van der Waals surface area contributed by atoms with Gasteiger partial charge in [-0.15, -0.1) is 0 Å². The van der Waals surface area contributed by atoms with Crippen LogP contribution in [0.15, 0.2) is 11.6 Å². The van der Waals surface area contributed by atoms with E-state index in [0.717, 1.165) is 11.8 Å². The van der Waals surface area contributed by atoms with Gasteiger partial charge in [0.15, 0.2) is 0 Å². The predicted octanol–water partition coefficient (Wildman–Crippen LogP) is 2.82. The standard InChI is InChI=1S/C14H25NO2/c1-4-12(14(16)17)5-6-15-13-8-10(2)7-11(3)9-13/h5,10-11,13,15H,4,6-9H2,1-3H3,(H,16,17). The van der Waals surface area contributed by atoms with Crippen LogP contribution in [-0.2, 0) is 4.79 Å². The topological polar surface area (TPSA) is 49.3 Å². The first kappa shape index (κ1) is 14.2. The van der Waals surface area contributed by atoms with Crippen LogP contribution < -0.4 is 5.32 Å². The van der Waals surface area contributed by atoms with E-state index in [4.69, 9.17) is 5.11 Å². The highest BCUT2D eigenvalue weighted by Gasteiger charge is 2.22. The zero-order chi connectivity index (χ0) is 12.8.